The number of anilines is 9. The van der Waals surface area contributed by atoms with Gasteiger partial charge in [0.2, 0.25) is 23.6 Å². The van der Waals surface area contributed by atoms with Crippen LogP contribution in [0.1, 0.15) is 170 Å². The number of amides is 5. The number of carbonyl (C=O) groups excluding carboxylic acids is 5. The first-order chi connectivity index (χ1) is 51.5. The quantitative estimate of drug-likeness (QED) is 0.0129. The van der Waals surface area contributed by atoms with Crippen molar-refractivity contribution in [2.24, 2.45) is 0 Å². The number of rotatable bonds is 36. The van der Waals surface area contributed by atoms with Crippen molar-refractivity contribution in [3.63, 3.8) is 0 Å². The highest BCUT2D eigenvalue weighted by Gasteiger charge is 2.29. The highest BCUT2D eigenvalue weighted by Crippen LogP contribution is 2.42. The molecule has 11 N–H and O–H groups in total. The molecule has 0 spiro atoms. The van der Waals surface area contributed by atoms with Crippen LogP contribution in [0.15, 0.2) is 61.1 Å². The van der Waals surface area contributed by atoms with E-state index >= 15 is 0 Å². The Morgan fingerprint density at radius 2 is 0.836 bits per heavy atom. The van der Waals surface area contributed by atoms with Crippen LogP contribution in [0.2, 0.25) is 0 Å². The normalized spacial score (nSPS) is 14.1. The zero-order valence-corrected chi connectivity index (χ0v) is 71.2. The van der Waals surface area contributed by atoms with Crippen LogP contribution in [0, 0.1) is 0 Å². The number of aliphatic carboxylic acids is 1. The van der Waals surface area contributed by atoms with Gasteiger partial charge in [-0.3, -0.25) is 24.1 Å². The van der Waals surface area contributed by atoms with Gasteiger partial charge in [-0.1, -0.05) is 52.2 Å². The fourth-order valence-corrected chi connectivity index (χ4v) is 13.0. The summed E-state index contributed by atoms with van der Waals surface area (Å²) in [6, 6.07) is 4.12. The average molecular weight is 1620 g/mol. The fourth-order valence-electron chi connectivity index (χ4n) is 10.0. The number of carboxylic acid groups (broad SMARTS) is 1. The minimum absolute atomic E-state index is 0. The molecule has 0 unspecified atom stereocenters. The number of nitrogens with zero attached hydrogens (tertiary/aromatic N) is 13. The van der Waals surface area contributed by atoms with Gasteiger partial charge in [0.25, 0.3) is 0 Å². The lowest BCUT2D eigenvalue weighted by Gasteiger charge is -2.28. The van der Waals surface area contributed by atoms with Gasteiger partial charge >= 0.3 is 12.1 Å². The van der Waals surface area contributed by atoms with E-state index in [1.807, 2.05) is 102 Å². The minimum atomic E-state index is -0.892. The predicted octanol–water partition coefficient (Wildman–Crippen LogP) is 10.3. The maximum atomic E-state index is 12.5. The molecule has 3 atom stereocenters. The second kappa shape index (κ2) is 48.4. The molecule has 3 aliphatic carbocycles. The van der Waals surface area contributed by atoms with Crippen molar-refractivity contribution in [1.82, 2.24) is 85.7 Å². The number of carbonyl (C=O) groups is 6. The summed E-state index contributed by atoms with van der Waals surface area (Å²) in [5.74, 6) is 6.80. The van der Waals surface area contributed by atoms with Gasteiger partial charge in [0.15, 0.2) is 15.4 Å². The Morgan fingerprint density at radius 1 is 0.509 bits per heavy atom. The topological polar surface area (TPSA) is 381 Å². The first kappa shape index (κ1) is 94.0. The number of hydrogen-bond donors (Lipinski definition) is 11. The summed E-state index contributed by atoms with van der Waals surface area (Å²) in [7, 11) is 12.6. The van der Waals surface area contributed by atoms with Crippen LogP contribution in [0.25, 0.3) is 0 Å². The van der Waals surface area contributed by atoms with E-state index in [0.29, 0.717) is 112 Å². The van der Waals surface area contributed by atoms with Crippen molar-refractivity contribution < 1.29 is 38.6 Å². The van der Waals surface area contributed by atoms with Crippen molar-refractivity contribution >= 4 is 147 Å². The zero-order chi connectivity index (χ0) is 78.9. The number of thiazole rings is 3. The summed E-state index contributed by atoms with van der Waals surface area (Å²) in [4.78, 5) is 122. The van der Waals surface area contributed by atoms with Crippen molar-refractivity contribution in [3.8, 4) is 0 Å². The van der Waals surface area contributed by atoms with Crippen LogP contribution in [0.4, 0.5) is 55.1 Å². The third kappa shape index (κ3) is 33.3. The summed E-state index contributed by atoms with van der Waals surface area (Å²) < 4.78 is 5.32. The Bertz CT molecular complexity index is 3880. The molecule has 0 aromatic carbocycles. The van der Waals surface area contributed by atoms with Crippen LogP contribution in [-0.2, 0) is 48.0 Å². The molecule has 5 amide bonds. The standard InChI is InChI=1S/C25H38N8O2S.C24H37N7O3S.C19H29N7OS.C6H11NO2.2H2S/c1-6-20-29-21(15-22(30-20)31-25-28-16-19(36-25)18-9-7-10-18)26-12-13-27-24(35)17(2)33(5)23(34)11-8-14-32(3)4;1-7-18-28-19(13-20(29-18)30-22-27-14-17(35-22)16-9-8-10-16)25-11-12-26-21(32)15(2)31(6)23(33)34-24(3,4)5;1-4-15-24-16(21-8-9-22-18(27)12(2)20-3)10-17(25-15)26-19-23-11-14(28-19)13-6-5-7-13;1-7(2)5-3-4-6(8)9;;/h8,11,15-18H,6-7,9-10,12-14H2,1-5H3,(H,27,35)(H2,26,28,29,30,31);13-16H,7-12H2,1-6H3,(H,26,32)(H2,25,27,28,29,30);10-13,20H,4-9H2,1-3H3,(H,22,27)(H2,21,23,24,25,26);3-4H,5H2,1-2H3,(H,8,9);2*1H2/b11-8+;;;4-3+;;/t17-;15-;12-;;;/m000.../s1. The number of likely N-dealkylation sites (N-methyl/N-ethyl adjacent to an activating group) is 5. The highest BCUT2D eigenvalue weighted by molar-refractivity contribution is 7.59. The van der Waals surface area contributed by atoms with Crippen molar-refractivity contribution in [1.29, 1.82) is 0 Å². The van der Waals surface area contributed by atoms with Gasteiger partial charge < -0.3 is 77.7 Å². The third-order valence-corrected chi connectivity index (χ3v) is 20.7. The second-order valence-electron chi connectivity index (χ2n) is 27.9. The smallest absolute Gasteiger partial charge is 0.410 e. The molecule has 0 saturated heterocycles. The molecule has 0 bridgehead atoms. The van der Waals surface area contributed by atoms with E-state index < -0.39 is 29.7 Å². The fraction of sp³-hybridized carbons (Fsp3) is 0.581. The Labute approximate surface area is 674 Å². The van der Waals surface area contributed by atoms with Gasteiger partial charge in [0.05, 0.1) is 6.04 Å². The number of ether oxygens (including phenoxy) is 1. The first-order valence-electron chi connectivity index (χ1n) is 37.2. The third-order valence-electron chi connectivity index (χ3n) is 17.5. The van der Waals surface area contributed by atoms with E-state index in [1.54, 1.807) is 102 Å². The van der Waals surface area contributed by atoms with Gasteiger partial charge in [-0.2, -0.15) is 27.0 Å². The molecule has 3 fully saturated rings. The number of carboxylic acids is 1. The van der Waals surface area contributed by atoms with Crippen LogP contribution >= 0.6 is 61.0 Å². The van der Waals surface area contributed by atoms with Crippen LogP contribution < -0.4 is 53.2 Å². The summed E-state index contributed by atoms with van der Waals surface area (Å²) in [5.41, 5.74) is -0.619. The molecule has 6 aromatic rings. The van der Waals surface area contributed by atoms with Crippen molar-refractivity contribution in [3.05, 3.63) is 93.2 Å². The zero-order valence-electron chi connectivity index (χ0n) is 66.7. The summed E-state index contributed by atoms with van der Waals surface area (Å²) >= 11 is 5.07. The van der Waals surface area contributed by atoms with Gasteiger partial charge in [-0.15, -0.1) is 34.0 Å². The summed E-state index contributed by atoms with van der Waals surface area (Å²) in [5, 5.41) is 41.8. The van der Waals surface area contributed by atoms with Crippen LogP contribution in [0.5, 0.6) is 0 Å². The van der Waals surface area contributed by atoms with Gasteiger partial charge in [-0.25, -0.2) is 54.4 Å². The largest absolute Gasteiger partial charge is 0.478 e. The summed E-state index contributed by atoms with van der Waals surface area (Å²) in [6.07, 6.45) is 25.0. The molecule has 0 aliphatic heterocycles. The Balaban J connectivity index is 0.000000328. The van der Waals surface area contributed by atoms with E-state index in [9.17, 15) is 28.8 Å². The lowest BCUT2D eigenvalue weighted by atomic mass is 9.85. The van der Waals surface area contributed by atoms with E-state index in [2.05, 4.69) is 98.0 Å². The van der Waals surface area contributed by atoms with Crippen molar-refractivity contribution in [2.75, 3.05) is 134 Å². The highest BCUT2D eigenvalue weighted by atomic mass is 32.1. The minimum Gasteiger partial charge on any atom is -0.478 e. The number of hydrogen-bond acceptors (Lipinski definition) is 28. The monoisotopic (exact) mass is 1620 g/mol. The van der Waals surface area contributed by atoms with Crippen molar-refractivity contribution in [2.45, 2.75) is 181 Å². The Hall–Kier alpha value is -8.39. The van der Waals surface area contributed by atoms with Gasteiger partial charge in [-0.05, 0) is 133 Å². The predicted molar refractivity (Wildman–Crippen MR) is 453 cm³/mol. The van der Waals surface area contributed by atoms with E-state index in [0.717, 1.165) is 51.2 Å². The molecule has 6 aromatic heterocycles. The molecule has 6 heterocycles. The van der Waals surface area contributed by atoms with E-state index in [4.69, 9.17) is 9.84 Å². The Kier molecular flexibility index (Phi) is 41.4. The van der Waals surface area contributed by atoms with E-state index in [1.165, 1.54) is 88.3 Å². The average Bonchev–Trinajstić information content (AvgIpc) is 1.68. The molecule has 36 heteroatoms. The van der Waals surface area contributed by atoms with Crippen LogP contribution in [0.3, 0.4) is 0 Å². The first-order valence-corrected chi connectivity index (χ1v) is 39.6. The molecule has 31 nitrogen and oxygen atoms in total. The van der Waals surface area contributed by atoms with E-state index in [-0.39, 0.29) is 56.7 Å². The molecule has 0 radical (unpaired) electrons. The maximum Gasteiger partial charge on any atom is 0.410 e. The van der Waals surface area contributed by atoms with Gasteiger partial charge in [0, 0.05) is 149 Å². The van der Waals surface area contributed by atoms with Crippen LogP contribution in [-0.4, -0.2) is 231 Å². The maximum absolute atomic E-state index is 12.5. The van der Waals surface area contributed by atoms with Gasteiger partial charge in [0.1, 0.15) is 70.1 Å². The molecule has 608 valence electrons. The number of aryl methyl sites for hydroxylation is 3. The number of nitrogens with one attached hydrogen (secondary N) is 10. The second-order valence-corrected chi connectivity index (χ2v) is 31.1. The molecular weight excluding hydrogens is 1500 g/mol. The lowest BCUT2D eigenvalue weighted by Crippen LogP contribution is -2.48. The molecular formula is C74H119N23O8S5. The SMILES string of the molecule is CCc1nc(NCCNC(=O)[C@H](C)N(C)C(=O)/C=C/CN(C)C)cc(Nc2ncc(C3CCC3)s2)n1.CCc1nc(NCCNC(=O)[C@H](C)N(C)C(=O)OC(C)(C)C)cc(Nc2ncc(C3CCC3)s2)n1.CCc1nc(NCCNC(=O)[C@H](C)NC)cc(Nc2ncc(C3CCC3)s2)n1.CN(C)C/C=C/C(=O)O.S.S. The molecule has 110 heavy (non-hydrogen) atoms. The molecule has 9 rings (SSSR count). The molecule has 3 aliphatic rings. The number of aromatic nitrogens is 9. The molecule has 3 saturated carbocycles. The lowest BCUT2D eigenvalue weighted by molar-refractivity contribution is -0.135. The summed E-state index contributed by atoms with van der Waals surface area (Å²) in [6.45, 7) is 20.8. The Morgan fingerprint density at radius 3 is 1.14 bits per heavy atom.